The summed E-state index contributed by atoms with van der Waals surface area (Å²) in [7, 11) is -23.6. The van der Waals surface area contributed by atoms with Gasteiger partial charge in [-0.2, -0.15) is 46.7 Å². The Balaban J connectivity index is 1.38. The molecule has 0 aromatic heterocycles. The summed E-state index contributed by atoms with van der Waals surface area (Å²) in [4.78, 5) is 41.0. The molecule has 0 radical (unpaired) electrons. The van der Waals surface area contributed by atoms with Crippen molar-refractivity contribution >= 4 is 96.2 Å². The number of fused-ring (bicyclic) bond motifs is 4. The molecule has 3 heterocycles. The Kier molecular flexibility index (Phi) is 15.8. The summed E-state index contributed by atoms with van der Waals surface area (Å²) in [6, 6.07) is 8.45. The van der Waals surface area contributed by atoms with Crippen LogP contribution in [0.2, 0.25) is 0 Å². The first-order valence-electron chi connectivity index (χ1n) is 21.9. The van der Waals surface area contributed by atoms with Crippen molar-refractivity contribution in [1.29, 1.82) is 0 Å². The molecular weight excluding hydrogens is 1030 g/mol. The Hall–Kier alpha value is -5.23. The van der Waals surface area contributed by atoms with Crippen LogP contribution in [0.4, 0.5) is 11.4 Å². The minimum atomic E-state index is -5.06. The lowest BCUT2D eigenvalue weighted by molar-refractivity contribution is -0.437. The van der Waals surface area contributed by atoms with Gasteiger partial charge in [0.2, 0.25) is 5.69 Å². The second-order valence-corrected chi connectivity index (χ2v) is 25.3. The first-order valence-corrected chi connectivity index (χ1v) is 29.4. The molecule has 22 nitrogen and oxygen atoms in total. The number of carbonyl (C=O) groups excluding carboxylic acids is 3. The molecule has 1 fully saturated rings. The number of rotatable bonds is 21. The number of anilines is 1. The molecule has 1 atom stereocenters. The smallest absolute Gasteiger partial charge is 0.333 e. The van der Waals surface area contributed by atoms with E-state index in [2.05, 4.69) is 0 Å². The van der Waals surface area contributed by atoms with Crippen molar-refractivity contribution in [2.75, 3.05) is 29.5 Å². The number of hydrogen-bond acceptors (Lipinski definition) is 15. The molecule has 0 saturated carbocycles. The van der Waals surface area contributed by atoms with E-state index in [1.807, 2.05) is 0 Å². The molecular formula is C44H52N3O19S5+. The monoisotopic (exact) mass is 1090 g/mol. The summed E-state index contributed by atoms with van der Waals surface area (Å²) in [5, 5.41) is 0.399. The Morgan fingerprint density at radius 1 is 0.704 bits per heavy atom. The lowest BCUT2D eigenvalue weighted by Crippen LogP contribution is -2.32. The molecule has 27 heteroatoms. The van der Waals surface area contributed by atoms with Gasteiger partial charge in [0.25, 0.3) is 62.4 Å². The Labute approximate surface area is 411 Å². The molecule has 1 unspecified atom stereocenters. The van der Waals surface area contributed by atoms with Gasteiger partial charge in [0, 0.05) is 72.1 Å². The molecule has 3 aromatic carbocycles. The molecule has 3 aliphatic rings. The predicted molar refractivity (Wildman–Crippen MR) is 256 cm³/mol. The van der Waals surface area contributed by atoms with Crippen LogP contribution in [0.3, 0.4) is 0 Å². The van der Waals surface area contributed by atoms with Crippen molar-refractivity contribution in [3.8, 4) is 0 Å². The fourth-order valence-electron chi connectivity index (χ4n) is 9.34. The van der Waals surface area contributed by atoms with E-state index < -0.39 is 105 Å². The lowest BCUT2D eigenvalue weighted by Gasteiger charge is -2.30. The van der Waals surface area contributed by atoms with E-state index >= 15 is 0 Å². The Morgan fingerprint density at radius 3 is 1.94 bits per heavy atom. The van der Waals surface area contributed by atoms with E-state index in [-0.39, 0.29) is 62.4 Å². The fraction of sp³-hybridized carbons (Fsp3) is 0.409. The van der Waals surface area contributed by atoms with Crippen LogP contribution in [-0.2, 0) is 80.6 Å². The highest BCUT2D eigenvalue weighted by Crippen LogP contribution is 2.52. The zero-order chi connectivity index (χ0) is 52.7. The Bertz CT molecular complexity index is 3400. The topological polar surface area (TPSA) is 342 Å². The first-order chi connectivity index (χ1) is 32.7. The number of nitrogens with zero attached hydrogens (tertiary/aromatic N) is 3. The molecule has 3 aliphatic heterocycles. The third kappa shape index (κ3) is 12.5. The van der Waals surface area contributed by atoms with Crippen molar-refractivity contribution in [3.05, 3.63) is 89.7 Å². The molecule has 6 rings (SSSR count). The van der Waals surface area contributed by atoms with Crippen molar-refractivity contribution in [2.45, 2.75) is 104 Å². The summed E-state index contributed by atoms with van der Waals surface area (Å²) in [5.41, 5.74) is 0.479. The van der Waals surface area contributed by atoms with Crippen LogP contribution >= 0.6 is 0 Å². The summed E-state index contributed by atoms with van der Waals surface area (Å²) < 4.78 is 173. The molecule has 5 N–H and O–H groups in total. The average Bonchev–Trinajstić information content (AvgIpc) is 3.76. The van der Waals surface area contributed by atoms with Gasteiger partial charge in [0.1, 0.15) is 11.4 Å². The third-order valence-corrected chi connectivity index (χ3v) is 16.7. The number of imide groups is 1. The van der Waals surface area contributed by atoms with Crippen LogP contribution < -0.4 is 4.90 Å². The van der Waals surface area contributed by atoms with Crippen LogP contribution in [0.5, 0.6) is 0 Å². The molecule has 71 heavy (non-hydrogen) atoms. The quantitative estimate of drug-likeness (QED) is 0.0313. The van der Waals surface area contributed by atoms with Gasteiger partial charge in [-0.05, 0) is 93.5 Å². The minimum absolute atomic E-state index is 0.0122. The minimum Gasteiger partial charge on any atom is -0.344 e. The normalized spacial score (nSPS) is 19.3. The van der Waals surface area contributed by atoms with E-state index in [1.165, 1.54) is 30.3 Å². The van der Waals surface area contributed by atoms with E-state index in [9.17, 15) is 79.2 Å². The Morgan fingerprint density at radius 2 is 1.34 bits per heavy atom. The number of unbranched alkanes of at least 4 members (excludes halogenated alkanes) is 2. The van der Waals surface area contributed by atoms with Crippen LogP contribution in [0.25, 0.3) is 10.8 Å². The molecule has 0 aliphatic carbocycles. The van der Waals surface area contributed by atoms with Crippen molar-refractivity contribution < 1.29 is 88.6 Å². The number of hydrogen-bond donors (Lipinski definition) is 5. The van der Waals surface area contributed by atoms with Gasteiger partial charge in [-0.15, -0.1) is 5.06 Å². The van der Waals surface area contributed by atoms with Crippen molar-refractivity contribution in [2.24, 2.45) is 0 Å². The summed E-state index contributed by atoms with van der Waals surface area (Å²) in [5.74, 6) is -3.29. The van der Waals surface area contributed by atoms with Gasteiger partial charge in [-0.25, -0.2) is 4.79 Å². The molecule has 3 aromatic rings. The summed E-state index contributed by atoms with van der Waals surface area (Å²) in [6.45, 7) is 5.23. The second kappa shape index (κ2) is 20.3. The molecule has 0 bridgehead atoms. The largest absolute Gasteiger partial charge is 0.344 e. The first kappa shape index (κ1) is 55.1. The predicted octanol–water partition coefficient (Wildman–Crippen LogP) is 4.84. The van der Waals surface area contributed by atoms with Crippen LogP contribution in [0, 0.1) is 0 Å². The van der Waals surface area contributed by atoms with E-state index in [0.29, 0.717) is 64.3 Å². The highest BCUT2D eigenvalue weighted by Gasteiger charge is 2.47. The number of carbonyl (C=O) groups is 3. The van der Waals surface area contributed by atoms with Gasteiger partial charge in [0.15, 0.2) is 5.71 Å². The lowest BCUT2D eigenvalue weighted by atomic mass is 9.77. The second-order valence-electron chi connectivity index (χ2n) is 17.9. The van der Waals surface area contributed by atoms with Crippen LogP contribution in [0.1, 0.15) is 89.7 Å². The van der Waals surface area contributed by atoms with Gasteiger partial charge >= 0.3 is 5.97 Å². The molecule has 386 valence electrons. The maximum absolute atomic E-state index is 12.5. The summed E-state index contributed by atoms with van der Waals surface area (Å²) >= 11 is 0. The van der Waals surface area contributed by atoms with E-state index in [0.717, 1.165) is 6.07 Å². The molecule has 0 spiro atoms. The number of benzene rings is 3. The van der Waals surface area contributed by atoms with Crippen LogP contribution in [0.15, 0.2) is 93.2 Å². The van der Waals surface area contributed by atoms with Gasteiger partial charge in [-0.1, -0.05) is 31.1 Å². The zero-order valence-electron chi connectivity index (χ0n) is 38.5. The van der Waals surface area contributed by atoms with E-state index in [4.69, 9.17) is 4.84 Å². The van der Waals surface area contributed by atoms with E-state index in [1.54, 1.807) is 60.6 Å². The average molecular weight is 1090 g/mol. The fourth-order valence-corrected chi connectivity index (χ4v) is 12.2. The van der Waals surface area contributed by atoms with Gasteiger partial charge in [0.05, 0.1) is 26.7 Å². The van der Waals surface area contributed by atoms with Crippen molar-refractivity contribution in [3.63, 3.8) is 0 Å². The van der Waals surface area contributed by atoms with Gasteiger partial charge in [-0.3, -0.25) is 32.4 Å². The standard InChI is InChI=1S/C44H51N3O19S5/c1-43(2)37(46(23-11-25-68(54,55)56)35-18-16-31-32(42(35)43)26-30(70(60,61)62)28-36(31)71(63,64)65)12-6-4-7-13-38-44(3,21-9-5-8-14-41(50)66-47-39(48)19-20-40(47)49)33-27-29(69(57,58)59)15-17-34(33)45(38)22-10-24-67(51,52)53/h4,6-7,12-13,15-18,26-28H,5,8-11,14,19-25H2,1-3H3,(H4-,51,52,53,54,55,56,57,58,59,60,61,62,63,64,65)/p+1. The number of allylic oxidation sites excluding steroid dienone is 6. The number of hydroxylamine groups is 2. The van der Waals surface area contributed by atoms with Gasteiger partial charge < -0.3 is 9.74 Å². The van der Waals surface area contributed by atoms with Crippen LogP contribution in [-0.4, -0.2) is 123 Å². The third-order valence-electron chi connectivity index (χ3n) is 12.5. The maximum Gasteiger partial charge on any atom is 0.333 e. The highest BCUT2D eigenvalue weighted by atomic mass is 32.2. The maximum atomic E-state index is 12.5. The number of amides is 2. The zero-order valence-corrected chi connectivity index (χ0v) is 42.5. The molecule has 2 amide bonds. The summed E-state index contributed by atoms with van der Waals surface area (Å²) in [6.07, 6.45) is 9.10. The highest BCUT2D eigenvalue weighted by molar-refractivity contribution is 7.87. The molecule has 1 saturated heterocycles. The van der Waals surface area contributed by atoms with Crippen molar-refractivity contribution in [1.82, 2.24) is 5.06 Å². The SMILES string of the molecule is CC1(C)C(/C=C/C=C/C=C2/N(CCCS(=O)(=O)O)c3ccc(S(=O)(=O)O)cc3C2(C)CCCCCC(=O)ON2C(=O)CCC2=O)=[N+](CCCS(=O)(=O)O)c2ccc3c(S(=O)(=O)O)cc(S(=O)(=O)O)cc3c21.